The largest absolute Gasteiger partial charge is 0.399 e. The Morgan fingerprint density at radius 2 is 2.00 bits per heavy atom. The van der Waals surface area contributed by atoms with E-state index in [1.807, 2.05) is 28.9 Å². The lowest BCUT2D eigenvalue weighted by atomic mass is 10.1. The summed E-state index contributed by atoms with van der Waals surface area (Å²) in [4.78, 5) is 4.34. The Morgan fingerprint density at radius 3 is 2.79 bits per heavy atom. The zero-order valence-corrected chi connectivity index (χ0v) is 11.5. The Kier molecular flexibility index (Phi) is 4.95. The first-order valence-corrected chi connectivity index (χ1v) is 7.05. The normalized spacial score (nSPS) is 10.8. The number of aromatic nitrogens is 3. The average molecular weight is 258 g/mol. The number of benzene rings is 1. The minimum atomic E-state index is 0.744. The molecule has 0 unspecified atom stereocenters. The number of unbranched alkanes of at least 4 members (excludes halogenated alkanes) is 4. The maximum Gasteiger partial charge on any atom is 0.181 e. The van der Waals surface area contributed by atoms with Gasteiger partial charge >= 0.3 is 0 Å². The van der Waals surface area contributed by atoms with Crippen LogP contribution in [0.25, 0.3) is 11.4 Å². The molecule has 0 aliphatic carbocycles. The van der Waals surface area contributed by atoms with E-state index in [9.17, 15) is 0 Å². The molecule has 0 aliphatic heterocycles. The zero-order valence-electron chi connectivity index (χ0n) is 11.5. The summed E-state index contributed by atoms with van der Waals surface area (Å²) in [5.74, 6) is 0.751. The number of hydrogen-bond acceptors (Lipinski definition) is 3. The molecule has 2 aromatic rings. The number of aryl methyl sites for hydroxylation is 1. The van der Waals surface area contributed by atoms with Gasteiger partial charge in [0.2, 0.25) is 0 Å². The maximum absolute atomic E-state index is 5.77. The summed E-state index contributed by atoms with van der Waals surface area (Å²) in [7, 11) is 0. The molecule has 2 N–H and O–H groups in total. The van der Waals surface area contributed by atoms with Gasteiger partial charge < -0.3 is 5.73 Å². The lowest BCUT2D eigenvalue weighted by Gasteiger charge is -2.00. The number of hydrogen-bond donors (Lipinski definition) is 1. The summed E-state index contributed by atoms with van der Waals surface area (Å²) in [6.45, 7) is 3.17. The molecule has 2 rings (SSSR count). The van der Waals surface area contributed by atoms with Crippen molar-refractivity contribution in [2.75, 3.05) is 5.73 Å². The molecule has 4 heteroatoms. The van der Waals surface area contributed by atoms with Crippen molar-refractivity contribution in [2.45, 2.75) is 45.6 Å². The second-order valence-corrected chi connectivity index (χ2v) is 4.87. The standard InChI is InChI=1S/C15H22N4/c1-2-3-4-5-6-10-19-12-17-15(18-19)13-8-7-9-14(16)11-13/h7-9,11-12H,2-6,10,16H2,1H3. The van der Waals surface area contributed by atoms with Gasteiger partial charge in [-0.1, -0.05) is 44.7 Å². The quantitative estimate of drug-likeness (QED) is 0.611. The van der Waals surface area contributed by atoms with Crippen molar-refractivity contribution in [3.8, 4) is 11.4 Å². The van der Waals surface area contributed by atoms with Crippen LogP contribution in [0, 0.1) is 0 Å². The molecule has 4 nitrogen and oxygen atoms in total. The minimum absolute atomic E-state index is 0.744. The molecule has 19 heavy (non-hydrogen) atoms. The van der Waals surface area contributed by atoms with Crippen LogP contribution < -0.4 is 5.73 Å². The van der Waals surface area contributed by atoms with E-state index < -0.39 is 0 Å². The van der Waals surface area contributed by atoms with Crippen LogP contribution in [0.1, 0.15) is 39.0 Å². The van der Waals surface area contributed by atoms with Crippen LogP contribution in [-0.4, -0.2) is 14.8 Å². The predicted octanol–water partition coefficient (Wildman–Crippen LogP) is 3.50. The number of nitrogen functional groups attached to an aromatic ring is 1. The third-order valence-electron chi connectivity index (χ3n) is 3.17. The summed E-state index contributed by atoms with van der Waals surface area (Å²) in [6.07, 6.45) is 8.15. The molecule has 0 spiro atoms. The topological polar surface area (TPSA) is 56.7 Å². The monoisotopic (exact) mass is 258 g/mol. The Morgan fingerprint density at radius 1 is 1.16 bits per heavy atom. The average Bonchev–Trinajstić information content (AvgIpc) is 2.87. The highest BCUT2D eigenvalue weighted by Crippen LogP contribution is 2.17. The number of nitrogens with two attached hydrogens (primary N) is 1. The summed E-state index contributed by atoms with van der Waals surface area (Å²) in [5.41, 5.74) is 7.49. The van der Waals surface area contributed by atoms with E-state index in [0.717, 1.165) is 23.6 Å². The van der Waals surface area contributed by atoms with Crippen molar-refractivity contribution in [1.82, 2.24) is 14.8 Å². The molecule has 0 atom stereocenters. The van der Waals surface area contributed by atoms with Crippen molar-refractivity contribution < 1.29 is 0 Å². The first-order valence-electron chi connectivity index (χ1n) is 7.05. The minimum Gasteiger partial charge on any atom is -0.399 e. The molecule has 102 valence electrons. The lowest BCUT2D eigenvalue weighted by Crippen LogP contribution is -1.98. The van der Waals surface area contributed by atoms with Gasteiger partial charge in [-0.2, -0.15) is 5.10 Å². The van der Waals surface area contributed by atoms with Crippen molar-refractivity contribution >= 4 is 5.69 Å². The maximum atomic E-state index is 5.77. The summed E-state index contributed by atoms with van der Waals surface area (Å²) in [6, 6.07) is 7.68. The van der Waals surface area contributed by atoms with Gasteiger partial charge in [0, 0.05) is 17.8 Å². The van der Waals surface area contributed by atoms with E-state index in [1.54, 1.807) is 6.33 Å². The van der Waals surface area contributed by atoms with E-state index in [4.69, 9.17) is 5.73 Å². The van der Waals surface area contributed by atoms with E-state index in [2.05, 4.69) is 17.0 Å². The van der Waals surface area contributed by atoms with E-state index in [0.29, 0.717) is 0 Å². The molecule has 0 amide bonds. The Bertz CT molecular complexity index is 504. The summed E-state index contributed by atoms with van der Waals surface area (Å²) >= 11 is 0. The molecular weight excluding hydrogens is 236 g/mol. The third-order valence-corrected chi connectivity index (χ3v) is 3.17. The first-order chi connectivity index (χ1) is 9.29. The molecule has 0 saturated heterocycles. The van der Waals surface area contributed by atoms with Crippen molar-refractivity contribution in [2.24, 2.45) is 0 Å². The van der Waals surface area contributed by atoms with Crippen LogP contribution in [-0.2, 0) is 6.54 Å². The summed E-state index contributed by atoms with van der Waals surface area (Å²) in [5, 5.41) is 4.49. The van der Waals surface area contributed by atoms with E-state index >= 15 is 0 Å². The highest BCUT2D eigenvalue weighted by molar-refractivity contribution is 5.60. The van der Waals surface area contributed by atoms with Crippen molar-refractivity contribution in [3.05, 3.63) is 30.6 Å². The fraction of sp³-hybridized carbons (Fsp3) is 0.467. The van der Waals surface area contributed by atoms with Gasteiger partial charge in [-0.05, 0) is 18.6 Å². The summed E-state index contributed by atoms with van der Waals surface area (Å²) < 4.78 is 1.92. The van der Waals surface area contributed by atoms with Crippen LogP contribution >= 0.6 is 0 Å². The molecular formula is C15H22N4. The fourth-order valence-corrected chi connectivity index (χ4v) is 2.09. The van der Waals surface area contributed by atoms with Crippen LogP contribution in [0.15, 0.2) is 30.6 Å². The lowest BCUT2D eigenvalue weighted by molar-refractivity contribution is 0.533. The molecule has 0 aliphatic rings. The molecule has 0 saturated carbocycles. The van der Waals surface area contributed by atoms with Gasteiger partial charge in [-0.15, -0.1) is 0 Å². The third kappa shape index (κ3) is 4.09. The van der Waals surface area contributed by atoms with Crippen LogP contribution in [0.3, 0.4) is 0 Å². The molecule has 1 aromatic carbocycles. The van der Waals surface area contributed by atoms with Crippen LogP contribution in [0.5, 0.6) is 0 Å². The SMILES string of the molecule is CCCCCCCn1cnc(-c2cccc(N)c2)n1. The van der Waals surface area contributed by atoms with Gasteiger partial charge in [0.05, 0.1) is 0 Å². The number of nitrogens with zero attached hydrogens (tertiary/aromatic N) is 3. The van der Waals surface area contributed by atoms with Gasteiger partial charge in [-0.3, -0.25) is 4.68 Å². The van der Waals surface area contributed by atoms with E-state index in [1.165, 1.54) is 32.1 Å². The van der Waals surface area contributed by atoms with Crippen molar-refractivity contribution in [3.63, 3.8) is 0 Å². The van der Waals surface area contributed by atoms with Crippen LogP contribution in [0.2, 0.25) is 0 Å². The molecule has 1 aromatic heterocycles. The molecule has 0 fully saturated rings. The Balaban J connectivity index is 1.88. The predicted molar refractivity (Wildman–Crippen MR) is 78.6 cm³/mol. The second-order valence-electron chi connectivity index (χ2n) is 4.87. The van der Waals surface area contributed by atoms with Crippen LogP contribution in [0.4, 0.5) is 5.69 Å². The Hall–Kier alpha value is -1.84. The van der Waals surface area contributed by atoms with Gasteiger partial charge in [0.15, 0.2) is 5.82 Å². The Labute approximate surface area is 114 Å². The fourth-order valence-electron chi connectivity index (χ4n) is 2.09. The van der Waals surface area contributed by atoms with Gasteiger partial charge in [0.1, 0.15) is 6.33 Å². The molecule has 0 radical (unpaired) electrons. The van der Waals surface area contributed by atoms with Gasteiger partial charge in [-0.25, -0.2) is 4.98 Å². The number of rotatable bonds is 7. The molecule has 0 bridgehead atoms. The zero-order chi connectivity index (χ0) is 13.5. The van der Waals surface area contributed by atoms with Gasteiger partial charge in [0.25, 0.3) is 0 Å². The van der Waals surface area contributed by atoms with E-state index in [-0.39, 0.29) is 0 Å². The first kappa shape index (κ1) is 13.6. The number of anilines is 1. The molecule has 1 heterocycles. The second kappa shape index (κ2) is 6.92. The smallest absolute Gasteiger partial charge is 0.181 e. The highest BCUT2D eigenvalue weighted by atomic mass is 15.3. The highest BCUT2D eigenvalue weighted by Gasteiger charge is 2.04. The van der Waals surface area contributed by atoms with Crippen molar-refractivity contribution in [1.29, 1.82) is 0 Å².